The van der Waals surface area contributed by atoms with Gasteiger partial charge in [-0.05, 0) is 12.8 Å². The summed E-state index contributed by atoms with van der Waals surface area (Å²) < 4.78 is 26.9. The normalized spacial score (nSPS) is 17.9. The topological polar surface area (TPSA) is 83.4 Å². The van der Waals surface area contributed by atoms with Crippen LogP contribution in [0.3, 0.4) is 0 Å². The number of rotatable bonds is 4. The molecule has 0 aliphatic carbocycles. The molecule has 2 heterocycles. The fourth-order valence-corrected chi connectivity index (χ4v) is 2.18. The largest absolute Gasteiger partial charge is 0.347 e. The van der Waals surface area contributed by atoms with E-state index in [1.165, 1.54) is 15.9 Å². The minimum atomic E-state index is -2.57. The molecular weight excluding hydrogens is 298 g/mol. The Labute approximate surface area is 126 Å². The van der Waals surface area contributed by atoms with E-state index >= 15 is 0 Å². The van der Waals surface area contributed by atoms with Crippen LogP contribution in [-0.4, -0.2) is 69.6 Å². The van der Waals surface area contributed by atoms with Crippen LogP contribution in [0.1, 0.15) is 12.8 Å². The highest BCUT2D eigenvalue weighted by atomic mass is 19.3. The Bertz CT molecular complexity index is 547. The zero-order valence-electron chi connectivity index (χ0n) is 12.4. The number of alkyl halides is 2. The van der Waals surface area contributed by atoms with Crippen LogP contribution in [0.15, 0.2) is 6.33 Å². The van der Waals surface area contributed by atoms with Gasteiger partial charge in [-0.1, -0.05) is 0 Å². The van der Waals surface area contributed by atoms with E-state index in [2.05, 4.69) is 15.4 Å². The highest BCUT2D eigenvalue weighted by Crippen LogP contribution is 2.23. The van der Waals surface area contributed by atoms with E-state index in [1.54, 1.807) is 14.1 Å². The maximum atomic E-state index is 12.8. The molecule has 0 aromatic carbocycles. The van der Waals surface area contributed by atoms with Gasteiger partial charge in [-0.3, -0.25) is 10.1 Å². The molecule has 0 radical (unpaired) electrons. The zero-order valence-corrected chi connectivity index (χ0v) is 12.4. The lowest BCUT2D eigenvalue weighted by Gasteiger charge is -2.23. The summed E-state index contributed by atoms with van der Waals surface area (Å²) in [6.07, 6.45) is -0.450. The van der Waals surface area contributed by atoms with E-state index in [0.717, 1.165) is 4.90 Å². The fraction of sp³-hybridized carbons (Fsp3) is 0.667. The van der Waals surface area contributed by atoms with Gasteiger partial charge in [0.15, 0.2) is 0 Å². The summed E-state index contributed by atoms with van der Waals surface area (Å²) in [4.78, 5) is 29.9. The van der Waals surface area contributed by atoms with Crippen molar-refractivity contribution in [3.05, 3.63) is 6.33 Å². The van der Waals surface area contributed by atoms with Gasteiger partial charge in [0.2, 0.25) is 11.9 Å². The lowest BCUT2D eigenvalue weighted by Crippen LogP contribution is -2.42. The molecule has 1 saturated heterocycles. The summed E-state index contributed by atoms with van der Waals surface area (Å²) in [7, 11) is 3.22. The number of likely N-dealkylation sites (N-methyl/N-ethyl adjacent to an activating group) is 1. The molecule has 1 aliphatic heterocycles. The molecule has 1 N–H and O–H groups in total. The summed E-state index contributed by atoms with van der Waals surface area (Å²) in [6, 6.07) is -1.73. The van der Waals surface area contributed by atoms with Gasteiger partial charge in [0, 0.05) is 20.6 Å². The van der Waals surface area contributed by atoms with Gasteiger partial charge >= 0.3 is 6.03 Å². The first kappa shape index (κ1) is 16.1. The Kier molecular flexibility index (Phi) is 4.88. The lowest BCUT2D eigenvalue weighted by atomic mass is 10.2. The number of likely N-dealkylation sites (tertiary alicyclic amines) is 1. The van der Waals surface area contributed by atoms with Crippen LogP contribution in [0.4, 0.5) is 19.5 Å². The van der Waals surface area contributed by atoms with E-state index in [4.69, 9.17) is 0 Å². The number of halogens is 2. The third-order valence-electron chi connectivity index (χ3n) is 3.40. The van der Waals surface area contributed by atoms with Crippen LogP contribution in [0.5, 0.6) is 0 Å². The molecule has 1 fully saturated rings. The maximum Gasteiger partial charge on any atom is 0.324 e. The second-order valence-corrected chi connectivity index (χ2v) is 5.22. The molecule has 1 aliphatic rings. The number of nitrogens with one attached hydrogen (secondary N) is 1. The molecule has 0 unspecified atom stereocenters. The van der Waals surface area contributed by atoms with Crippen molar-refractivity contribution in [1.29, 1.82) is 0 Å². The molecule has 10 heteroatoms. The summed E-state index contributed by atoms with van der Waals surface area (Å²) >= 11 is 0. The van der Waals surface area contributed by atoms with E-state index in [1.807, 2.05) is 0 Å². The van der Waals surface area contributed by atoms with Gasteiger partial charge in [0.25, 0.3) is 6.43 Å². The third kappa shape index (κ3) is 3.68. The van der Waals surface area contributed by atoms with Crippen molar-refractivity contribution in [1.82, 2.24) is 24.6 Å². The van der Waals surface area contributed by atoms with Crippen LogP contribution in [0.2, 0.25) is 0 Å². The number of urea groups is 1. The average molecular weight is 316 g/mol. The van der Waals surface area contributed by atoms with Gasteiger partial charge in [-0.15, -0.1) is 5.10 Å². The number of carbonyl (C=O) groups is 2. The molecule has 8 nitrogen and oxygen atoms in total. The van der Waals surface area contributed by atoms with Crippen molar-refractivity contribution in [3.8, 4) is 0 Å². The molecule has 3 amide bonds. The second kappa shape index (κ2) is 6.67. The fourth-order valence-electron chi connectivity index (χ4n) is 2.18. The van der Waals surface area contributed by atoms with Gasteiger partial charge in [-0.2, -0.15) is 0 Å². The number of nitrogens with zero attached hydrogens (tertiary/aromatic N) is 5. The highest BCUT2D eigenvalue weighted by molar-refractivity contribution is 5.87. The van der Waals surface area contributed by atoms with Crippen molar-refractivity contribution in [2.75, 3.05) is 26.0 Å². The summed E-state index contributed by atoms with van der Waals surface area (Å²) in [5.74, 6) is -0.198. The number of aromatic nitrogens is 3. The summed E-state index contributed by atoms with van der Waals surface area (Å²) in [5.41, 5.74) is 0. The quantitative estimate of drug-likeness (QED) is 0.883. The standard InChI is InChI=1S/C12H18F2N6O2/c1-18(2)9(21)6-19-7-15-11(17-19)16-12(22)20-5-3-4-8(20)10(13)14/h7-8,10H,3-6H2,1-2H3,(H,16,17,22)/t8-/m0/s1. The molecule has 22 heavy (non-hydrogen) atoms. The second-order valence-electron chi connectivity index (χ2n) is 5.22. The molecule has 122 valence electrons. The van der Waals surface area contributed by atoms with Gasteiger partial charge in [-0.25, -0.2) is 23.2 Å². The Morgan fingerprint density at radius 3 is 2.86 bits per heavy atom. The summed E-state index contributed by atoms with van der Waals surface area (Å²) in [6.45, 7) is 0.264. The first-order valence-corrected chi connectivity index (χ1v) is 6.84. The predicted molar refractivity (Wildman–Crippen MR) is 73.5 cm³/mol. The number of hydrogen-bond donors (Lipinski definition) is 1. The number of amides is 3. The van der Waals surface area contributed by atoms with Crippen molar-refractivity contribution >= 4 is 17.9 Å². The first-order valence-electron chi connectivity index (χ1n) is 6.84. The molecule has 1 atom stereocenters. The van der Waals surface area contributed by atoms with Crippen molar-refractivity contribution < 1.29 is 18.4 Å². The lowest BCUT2D eigenvalue weighted by molar-refractivity contribution is -0.129. The number of anilines is 1. The molecule has 0 bridgehead atoms. The van der Waals surface area contributed by atoms with Crippen molar-refractivity contribution in [2.24, 2.45) is 0 Å². The van der Waals surface area contributed by atoms with Crippen LogP contribution < -0.4 is 5.32 Å². The van der Waals surface area contributed by atoms with E-state index in [0.29, 0.717) is 6.42 Å². The van der Waals surface area contributed by atoms with Crippen LogP contribution >= 0.6 is 0 Å². The number of hydrogen-bond acceptors (Lipinski definition) is 4. The predicted octanol–water partition coefficient (Wildman–Crippen LogP) is 0.628. The van der Waals surface area contributed by atoms with Crippen molar-refractivity contribution in [3.63, 3.8) is 0 Å². The van der Waals surface area contributed by atoms with E-state index in [9.17, 15) is 18.4 Å². The molecule has 1 aromatic heterocycles. The smallest absolute Gasteiger partial charge is 0.324 e. The third-order valence-corrected chi connectivity index (χ3v) is 3.40. The zero-order chi connectivity index (χ0) is 16.3. The van der Waals surface area contributed by atoms with Gasteiger partial charge in [0.1, 0.15) is 12.9 Å². The molecule has 1 aromatic rings. The molecule has 0 spiro atoms. The minimum Gasteiger partial charge on any atom is -0.347 e. The molecular formula is C12H18F2N6O2. The average Bonchev–Trinajstić information content (AvgIpc) is 3.07. The highest BCUT2D eigenvalue weighted by Gasteiger charge is 2.35. The Hall–Kier alpha value is -2.26. The maximum absolute atomic E-state index is 12.8. The van der Waals surface area contributed by atoms with Crippen LogP contribution in [-0.2, 0) is 11.3 Å². The SMILES string of the molecule is CN(C)C(=O)Cn1cnc(NC(=O)N2CCC[C@H]2C(F)F)n1. The first-order chi connectivity index (χ1) is 10.4. The van der Waals surface area contributed by atoms with Gasteiger partial charge in [0.05, 0.1) is 6.04 Å². The monoisotopic (exact) mass is 316 g/mol. The Balaban J connectivity index is 1.95. The van der Waals surface area contributed by atoms with Crippen LogP contribution in [0.25, 0.3) is 0 Å². The molecule has 0 saturated carbocycles. The van der Waals surface area contributed by atoms with E-state index < -0.39 is 18.5 Å². The van der Waals surface area contributed by atoms with Crippen molar-refractivity contribution in [2.45, 2.75) is 31.9 Å². The summed E-state index contributed by atoms with van der Waals surface area (Å²) in [5, 5.41) is 6.30. The number of carbonyl (C=O) groups excluding carboxylic acids is 2. The van der Waals surface area contributed by atoms with Crippen LogP contribution in [0, 0.1) is 0 Å². The minimum absolute atomic E-state index is 0.0146. The Morgan fingerprint density at radius 1 is 1.50 bits per heavy atom. The Morgan fingerprint density at radius 2 is 2.23 bits per heavy atom. The van der Waals surface area contributed by atoms with E-state index in [-0.39, 0.29) is 31.4 Å². The van der Waals surface area contributed by atoms with Gasteiger partial charge < -0.3 is 9.80 Å². The molecule has 2 rings (SSSR count).